The van der Waals surface area contributed by atoms with Crippen LogP contribution in [-0.2, 0) is 14.3 Å². The first kappa shape index (κ1) is 14.4. The monoisotopic (exact) mass is 276 g/mol. The second kappa shape index (κ2) is 5.94. The highest BCUT2D eigenvalue weighted by atomic mass is 16.5. The molecule has 1 heterocycles. The SMILES string of the molecule is CCOC(=O)C1CN(C(C)=O)CC1c1ccc(N)cc1. The molecule has 0 spiro atoms. The van der Waals surface area contributed by atoms with E-state index in [0.29, 0.717) is 25.4 Å². The summed E-state index contributed by atoms with van der Waals surface area (Å²) in [7, 11) is 0. The van der Waals surface area contributed by atoms with E-state index in [-0.39, 0.29) is 23.7 Å². The summed E-state index contributed by atoms with van der Waals surface area (Å²) in [5.74, 6) is -0.587. The van der Waals surface area contributed by atoms with E-state index in [1.807, 2.05) is 24.3 Å². The van der Waals surface area contributed by atoms with Gasteiger partial charge in [0, 0.05) is 31.6 Å². The van der Waals surface area contributed by atoms with Crippen molar-refractivity contribution in [3.8, 4) is 0 Å². The fraction of sp³-hybridized carbons (Fsp3) is 0.467. The van der Waals surface area contributed by atoms with Crippen LogP contribution in [0.1, 0.15) is 25.3 Å². The van der Waals surface area contributed by atoms with Gasteiger partial charge in [-0.25, -0.2) is 0 Å². The molecule has 0 saturated carbocycles. The van der Waals surface area contributed by atoms with Gasteiger partial charge in [0.1, 0.15) is 0 Å². The number of esters is 1. The van der Waals surface area contributed by atoms with Gasteiger partial charge in [-0.1, -0.05) is 12.1 Å². The molecule has 20 heavy (non-hydrogen) atoms. The van der Waals surface area contributed by atoms with Gasteiger partial charge in [0.2, 0.25) is 5.91 Å². The number of hydrogen-bond donors (Lipinski definition) is 1. The number of ether oxygens (including phenoxy) is 1. The number of amides is 1. The molecule has 5 nitrogen and oxygen atoms in total. The molecule has 2 N–H and O–H groups in total. The largest absolute Gasteiger partial charge is 0.466 e. The molecule has 0 aromatic heterocycles. The number of carbonyl (C=O) groups excluding carboxylic acids is 2. The van der Waals surface area contributed by atoms with Crippen molar-refractivity contribution in [1.29, 1.82) is 0 Å². The number of carbonyl (C=O) groups is 2. The quantitative estimate of drug-likeness (QED) is 0.669. The van der Waals surface area contributed by atoms with Gasteiger partial charge in [0.15, 0.2) is 0 Å². The van der Waals surface area contributed by atoms with E-state index in [0.717, 1.165) is 5.56 Å². The fourth-order valence-corrected chi connectivity index (χ4v) is 2.63. The molecule has 1 amide bonds. The molecular weight excluding hydrogens is 256 g/mol. The number of nitrogen functional groups attached to an aromatic ring is 1. The van der Waals surface area contributed by atoms with E-state index < -0.39 is 0 Å². The van der Waals surface area contributed by atoms with Crippen molar-refractivity contribution >= 4 is 17.6 Å². The third kappa shape index (κ3) is 2.92. The lowest BCUT2D eigenvalue weighted by atomic mass is 9.89. The first-order valence-electron chi connectivity index (χ1n) is 6.80. The summed E-state index contributed by atoms with van der Waals surface area (Å²) in [5.41, 5.74) is 7.38. The summed E-state index contributed by atoms with van der Waals surface area (Å²) >= 11 is 0. The van der Waals surface area contributed by atoms with Crippen LogP contribution in [0.2, 0.25) is 0 Å². The van der Waals surface area contributed by atoms with Crippen LogP contribution in [0.3, 0.4) is 0 Å². The van der Waals surface area contributed by atoms with Gasteiger partial charge in [-0.2, -0.15) is 0 Å². The van der Waals surface area contributed by atoms with Crippen LogP contribution >= 0.6 is 0 Å². The summed E-state index contributed by atoms with van der Waals surface area (Å²) < 4.78 is 5.13. The summed E-state index contributed by atoms with van der Waals surface area (Å²) in [6, 6.07) is 7.45. The lowest BCUT2D eigenvalue weighted by Gasteiger charge is -2.17. The van der Waals surface area contributed by atoms with Gasteiger partial charge in [-0.05, 0) is 24.6 Å². The molecule has 1 aliphatic rings. The molecular formula is C15H20N2O3. The molecule has 2 unspecified atom stereocenters. The van der Waals surface area contributed by atoms with Crippen molar-refractivity contribution in [2.24, 2.45) is 5.92 Å². The molecule has 1 aromatic carbocycles. The van der Waals surface area contributed by atoms with Crippen molar-refractivity contribution < 1.29 is 14.3 Å². The average Bonchev–Trinajstić information content (AvgIpc) is 2.85. The minimum atomic E-state index is -0.303. The van der Waals surface area contributed by atoms with Gasteiger partial charge >= 0.3 is 5.97 Å². The molecule has 2 atom stereocenters. The number of hydrogen-bond acceptors (Lipinski definition) is 4. The Hall–Kier alpha value is -2.04. The van der Waals surface area contributed by atoms with Crippen LogP contribution in [0.4, 0.5) is 5.69 Å². The number of nitrogens with two attached hydrogens (primary N) is 1. The zero-order valence-corrected chi connectivity index (χ0v) is 11.8. The second-order valence-electron chi connectivity index (χ2n) is 5.06. The van der Waals surface area contributed by atoms with Crippen LogP contribution in [0, 0.1) is 5.92 Å². The van der Waals surface area contributed by atoms with Gasteiger partial charge in [0.25, 0.3) is 0 Å². The Labute approximate surface area is 118 Å². The number of anilines is 1. The number of likely N-dealkylation sites (tertiary alicyclic amines) is 1. The first-order chi connectivity index (χ1) is 9.52. The molecule has 1 saturated heterocycles. The van der Waals surface area contributed by atoms with E-state index in [4.69, 9.17) is 10.5 Å². The molecule has 2 rings (SSSR count). The predicted molar refractivity (Wildman–Crippen MR) is 76.0 cm³/mol. The van der Waals surface area contributed by atoms with Gasteiger partial charge in [-0.15, -0.1) is 0 Å². The summed E-state index contributed by atoms with van der Waals surface area (Å²) in [6.07, 6.45) is 0. The number of nitrogens with zero attached hydrogens (tertiary/aromatic N) is 1. The van der Waals surface area contributed by atoms with Crippen LogP contribution in [0.15, 0.2) is 24.3 Å². The smallest absolute Gasteiger partial charge is 0.311 e. The normalized spacial score (nSPS) is 21.8. The van der Waals surface area contributed by atoms with Crippen LogP contribution in [-0.4, -0.2) is 36.5 Å². The molecule has 0 aliphatic carbocycles. The maximum absolute atomic E-state index is 12.1. The van der Waals surface area contributed by atoms with E-state index >= 15 is 0 Å². The van der Waals surface area contributed by atoms with Crippen molar-refractivity contribution in [3.63, 3.8) is 0 Å². The molecule has 0 radical (unpaired) electrons. The van der Waals surface area contributed by atoms with Crippen molar-refractivity contribution in [2.75, 3.05) is 25.4 Å². The van der Waals surface area contributed by atoms with E-state index in [1.54, 1.807) is 11.8 Å². The fourth-order valence-electron chi connectivity index (χ4n) is 2.63. The molecule has 1 fully saturated rings. The third-order valence-corrected chi connectivity index (χ3v) is 3.72. The van der Waals surface area contributed by atoms with Gasteiger partial charge < -0.3 is 15.4 Å². The van der Waals surface area contributed by atoms with Crippen LogP contribution in [0.25, 0.3) is 0 Å². The molecule has 5 heteroatoms. The third-order valence-electron chi connectivity index (χ3n) is 3.72. The highest BCUT2D eigenvalue weighted by Crippen LogP contribution is 2.34. The van der Waals surface area contributed by atoms with Crippen molar-refractivity contribution in [2.45, 2.75) is 19.8 Å². The highest BCUT2D eigenvalue weighted by molar-refractivity contribution is 5.79. The Morgan fingerprint density at radius 3 is 2.50 bits per heavy atom. The van der Waals surface area contributed by atoms with E-state index in [9.17, 15) is 9.59 Å². The Bertz CT molecular complexity index is 498. The number of benzene rings is 1. The molecule has 0 bridgehead atoms. The minimum absolute atomic E-state index is 0.0164. The minimum Gasteiger partial charge on any atom is -0.466 e. The van der Waals surface area contributed by atoms with Crippen LogP contribution in [0.5, 0.6) is 0 Å². The maximum Gasteiger partial charge on any atom is 0.311 e. The zero-order valence-electron chi connectivity index (χ0n) is 11.8. The van der Waals surface area contributed by atoms with Crippen molar-refractivity contribution in [1.82, 2.24) is 4.90 Å². The summed E-state index contributed by atoms with van der Waals surface area (Å²) in [5, 5.41) is 0. The van der Waals surface area contributed by atoms with E-state index in [1.165, 1.54) is 6.92 Å². The Kier molecular flexibility index (Phi) is 4.27. The van der Waals surface area contributed by atoms with Crippen LogP contribution < -0.4 is 5.73 Å². The molecule has 108 valence electrons. The lowest BCUT2D eigenvalue weighted by molar-refractivity contribution is -0.148. The Balaban J connectivity index is 2.24. The Morgan fingerprint density at radius 1 is 1.30 bits per heavy atom. The van der Waals surface area contributed by atoms with Gasteiger partial charge in [-0.3, -0.25) is 9.59 Å². The summed E-state index contributed by atoms with van der Waals surface area (Å²) in [4.78, 5) is 25.3. The summed E-state index contributed by atoms with van der Waals surface area (Å²) in [6.45, 7) is 4.62. The lowest BCUT2D eigenvalue weighted by Crippen LogP contribution is -2.28. The topological polar surface area (TPSA) is 72.6 Å². The van der Waals surface area contributed by atoms with Crippen molar-refractivity contribution in [3.05, 3.63) is 29.8 Å². The second-order valence-corrected chi connectivity index (χ2v) is 5.06. The number of rotatable bonds is 3. The highest BCUT2D eigenvalue weighted by Gasteiger charge is 2.40. The van der Waals surface area contributed by atoms with E-state index in [2.05, 4.69) is 0 Å². The first-order valence-corrected chi connectivity index (χ1v) is 6.80. The zero-order chi connectivity index (χ0) is 14.7. The molecule has 1 aliphatic heterocycles. The average molecular weight is 276 g/mol. The van der Waals surface area contributed by atoms with Gasteiger partial charge in [0.05, 0.1) is 12.5 Å². The predicted octanol–water partition coefficient (Wildman–Crippen LogP) is 1.39. The molecule has 1 aromatic rings. The Morgan fingerprint density at radius 2 is 1.95 bits per heavy atom. The maximum atomic E-state index is 12.1. The standard InChI is InChI=1S/C15H20N2O3/c1-3-20-15(19)14-9-17(10(2)18)8-13(14)11-4-6-12(16)7-5-11/h4-7,13-14H,3,8-9,16H2,1-2H3.